The Balaban J connectivity index is 3.93. The fourth-order valence-corrected chi connectivity index (χ4v) is 2.17. The van der Waals surface area contributed by atoms with Gasteiger partial charge in [-0.05, 0) is 40.0 Å². The van der Waals surface area contributed by atoms with Crippen LogP contribution in [-0.2, 0) is 14.4 Å². The highest BCUT2D eigenvalue weighted by Gasteiger charge is 2.17. The Morgan fingerprint density at radius 1 is 0.833 bits per heavy atom. The van der Waals surface area contributed by atoms with Crippen LogP contribution in [0, 0.1) is 0 Å². The lowest BCUT2D eigenvalue weighted by Crippen LogP contribution is -2.37. The summed E-state index contributed by atoms with van der Waals surface area (Å²) in [5, 5.41) is 9.65. The van der Waals surface area contributed by atoms with Crippen molar-refractivity contribution in [3.8, 4) is 0 Å². The van der Waals surface area contributed by atoms with E-state index in [1.54, 1.807) is 44.7 Å². The van der Waals surface area contributed by atoms with Crippen LogP contribution >= 0.6 is 0 Å². The summed E-state index contributed by atoms with van der Waals surface area (Å²) in [7, 11) is 3.46. The average molecular weight is 342 g/mol. The molecule has 2 amide bonds. The van der Waals surface area contributed by atoms with E-state index in [0.717, 1.165) is 19.3 Å². The first-order chi connectivity index (χ1) is 11.0. The second-order valence-electron chi connectivity index (χ2n) is 7.21. The van der Waals surface area contributed by atoms with Crippen molar-refractivity contribution in [2.75, 3.05) is 27.2 Å². The van der Waals surface area contributed by atoms with E-state index < -0.39 is 5.60 Å². The van der Waals surface area contributed by atoms with E-state index in [4.69, 9.17) is 0 Å². The largest absolute Gasteiger partial charge is 0.390 e. The zero-order chi connectivity index (χ0) is 18.8. The van der Waals surface area contributed by atoms with E-state index in [1.807, 2.05) is 0 Å². The van der Waals surface area contributed by atoms with Crippen molar-refractivity contribution in [3.05, 3.63) is 0 Å². The zero-order valence-electron chi connectivity index (χ0n) is 15.9. The summed E-state index contributed by atoms with van der Waals surface area (Å²) in [6.45, 7) is 5.93. The van der Waals surface area contributed by atoms with Crippen LogP contribution in [-0.4, -0.2) is 65.3 Å². The van der Waals surface area contributed by atoms with Crippen LogP contribution in [0.5, 0.6) is 0 Å². The van der Waals surface area contributed by atoms with Gasteiger partial charge in [0, 0.05) is 46.4 Å². The smallest absolute Gasteiger partial charge is 0.222 e. The Hall–Kier alpha value is -1.43. The standard InChI is InChI=1S/C18H34N2O4/c1-15(21)9-7-6-8-10-16(22)19(4)13-14-20(5)17(23)11-12-18(2,3)24/h24H,6-14H2,1-5H3. The van der Waals surface area contributed by atoms with Crippen molar-refractivity contribution in [1.29, 1.82) is 0 Å². The van der Waals surface area contributed by atoms with Crippen LogP contribution in [0.4, 0.5) is 0 Å². The molecule has 0 bridgehead atoms. The van der Waals surface area contributed by atoms with E-state index in [0.29, 0.717) is 38.8 Å². The molecule has 0 spiro atoms. The molecule has 140 valence electrons. The quantitative estimate of drug-likeness (QED) is 0.550. The number of carbonyl (C=O) groups is 3. The van der Waals surface area contributed by atoms with Crippen LogP contribution in [0.3, 0.4) is 0 Å². The third-order valence-electron chi connectivity index (χ3n) is 3.99. The highest BCUT2D eigenvalue weighted by Crippen LogP contribution is 2.11. The Morgan fingerprint density at radius 2 is 1.29 bits per heavy atom. The highest BCUT2D eigenvalue weighted by molar-refractivity contribution is 5.77. The predicted molar refractivity (Wildman–Crippen MR) is 94.6 cm³/mol. The molecule has 0 saturated carbocycles. The summed E-state index contributed by atoms with van der Waals surface area (Å²) >= 11 is 0. The van der Waals surface area contributed by atoms with Gasteiger partial charge >= 0.3 is 0 Å². The molecule has 0 aliphatic heterocycles. The van der Waals surface area contributed by atoms with Crippen molar-refractivity contribution < 1.29 is 19.5 Å². The zero-order valence-corrected chi connectivity index (χ0v) is 15.9. The molecule has 0 unspecified atom stereocenters. The number of nitrogens with zero attached hydrogens (tertiary/aromatic N) is 2. The first-order valence-electron chi connectivity index (χ1n) is 8.72. The minimum atomic E-state index is -0.842. The molecular formula is C18H34N2O4. The molecule has 0 aromatic carbocycles. The average Bonchev–Trinajstić information content (AvgIpc) is 2.48. The van der Waals surface area contributed by atoms with Crippen molar-refractivity contribution in [2.45, 2.75) is 71.3 Å². The number of likely N-dealkylation sites (N-methyl/N-ethyl adjacent to an activating group) is 2. The van der Waals surface area contributed by atoms with Gasteiger partial charge in [-0.2, -0.15) is 0 Å². The Labute approximate surface area is 146 Å². The van der Waals surface area contributed by atoms with Gasteiger partial charge in [0.15, 0.2) is 0 Å². The molecule has 0 aromatic heterocycles. The van der Waals surface area contributed by atoms with Crippen LogP contribution in [0.2, 0.25) is 0 Å². The Morgan fingerprint density at radius 3 is 1.75 bits per heavy atom. The maximum Gasteiger partial charge on any atom is 0.222 e. The van der Waals surface area contributed by atoms with E-state index >= 15 is 0 Å². The third-order valence-corrected chi connectivity index (χ3v) is 3.99. The molecule has 0 aliphatic carbocycles. The third kappa shape index (κ3) is 12.0. The van der Waals surface area contributed by atoms with Gasteiger partial charge in [-0.1, -0.05) is 6.42 Å². The number of ketones is 1. The monoisotopic (exact) mass is 342 g/mol. The maximum atomic E-state index is 12.0. The maximum absolute atomic E-state index is 12.0. The summed E-state index contributed by atoms with van der Waals surface area (Å²) < 4.78 is 0. The molecule has 6 heteroatoms. The second kappa shape index (κ2) is 11.2. The van der Waals surface area contributed by atoms with E-state index in [1.165, 1.54) is 0 Å². The topological polar surface area (TPSA) is 77.9 Å². The fourth-order valence-electron chi connectivity index (χ4n) is 2.17. The van der Waals surface area contributed by atoms with Gasteiger partial charge in [-0.25, -0.2) is 0 Å². The van der Waals surface area contributed by atoms with Gasteiger partial charge in [0.25, 0.3) is 0 Å². The SMILES string of the molecule is CC(=O)CCCCCC(=O)N(C)CCN(C)C(=O)CCC(C)(C)O. The number of carbonyl (C=O) groups excluding carboxylic acids is 3. The normalized spacial score (nSPS) is 11.2. The number of amides is 2. The van der Waals surface area contributed by atoms with Crippen molar-refractivity contribution in [1.82, 2.24) is 9.80 Å². The minimum absolute atomic E-state index is 0.0257. The van der Waals surface area contributed by atoms with Crippen LogP contribution < -0.4 is 0 Å². The molecule has 0 aliphatic rings. The fraction of sp³-hybridized carbons (Fsp3) is 0.833. The minimum Gasteiger partial charge on any atom is -0.390 e. The first-order valence-corrected chi connectivity index (χ1v) is 8.72. The molecule has 6 nitrogen and oxygen atoms in total. The number of rotatable bonds is 12. The number of unbranched alkanes of at least 4 members (excludes halogenated alkanes) is 2. The van der Waals surface area contributed by atoms with Crippen LogP contribution in [0.1, 0.15) is 65.7 Å². The Kier molecular flexibility index (Phi) is 10.5. The molecule has 1 N–H and O–H groups in total. The van der Waals surface area contributed by atoms with Crippen molar-refractivity contribution in [2.24, 2.45) is 0 Å². The summed E-state index contributed by atoms with van der Waals surface area (Å²) in [5.41, 5.74) is -0.842. The van der Waals surface area contributed by atoms with Crippen LogP contribution in [0.25, 0.3) is 0 Å². The van der Waals surface area contributed by atoms with Gasteiger partial charge in [0.05, 0.1) is 5.60 Å². The lowest BCUT2D eigenvalue weighted by molar-refractivity contribution is -0.134. The first kappa shape index (κ1) is 22.6. The van der Waals surface area contributed by atoms with Crippen LogP contribution in [0.15, 0.2) is 0 Å². The van der Waals surface area contributed by atoms with Crippen molar-refractivity contribution >= 4 is 17.6 Å². The molecule has 0 heterocycles. The van der Waals surface area contributed by atoms with E-state index in [2.05, 4.69) is 0 Å². The Bertz CT molecular complexity index is 416. The van der Waals surface area contributed by atoms with Gasteiger partial charge in [-0.15, -0.1) is 0 Å². The molecule has 0 fully saturated rings. The number of aliphatic hydroxyl groups is 1. The molecule has 0 saturated heterocycles. The van der Waals surface area contributed by atoms with Gasteiger partial charge in [0.1, 0.15) is 5.78 Å². The lowest BCUT2D eigenvalue weighted by atomic mass is 10.0. The summed E-state index contributed by atoms with van der Waals surface area (Å²) in [6.07, 6.45) is 4.29. The molecule has 0 rings (SSSR count). The summed E-state index contributed by atoms with van der Waals surface area (Å²) in [5.74, 6) is 0.230. The molecule has 0 aromatic rings. The van der Waals surface area contributed by atoms with Crippen molar-refractivity contribution in [3.63, 3.8) is 0 Å². The second-order valence-corrected chi connectivity index (χ2v) is 7.21. The van der Waals surface area contributed by atoms with Gasteiger partial charge in [-0.3, -0.25) is 9.59 Å². The number of Topliss-reactive ketones (excluding diaryl/α,β-unsaturated/α-hetero) is 1. The van der Waals surface area contributed by atoms with E-state index in [9.17, 15) is 19.5 Å². The van der Waals surface area contributed by atoms with Gasteiger partial charge in [0.2, 0.25) is 11.8 Å². The molecule has 0 radical (unpaired) electrons. The van der Waals surface area contributed by atoms with E-state index in [-0.39, 0.29) is 17.6 Å². The molecule has 0 atom stereocenters. The summed E-state index contributed by atoms with van der Waals surface area (Å²) in [4.78, 5) is 38.0. The predicted octanol–water partition coefficient (Wildman–Crippen LogP) is 1.99. The number of hydrogen-bond acceptors (Lipinski definition) is 4. The highest BCUT2D eigenvalue weighted by atomic mass is 16.3. The molecular weight excluding hydrogens is 308 g/mol. The molecule has 24 heavy (non-hydrogen) atoms. The summed E-state index contributed by atoms with van der Waals surface area (Å²) in [6, 6.07) is 0. The van der Waals surface area contributed by atoms with Gasteiger partial charge < -0.3 is 19.7 Å². The lowest BCUT2D eigenvalue weighted by Gasteiger charge is -2.24. The number of hydrogen-bond donors (Lipinski definition) is 1.